The molecule has 0 heterocycles. The lowest BCUT2D eigenvalue weighted by atomic mass is 9.85. The zero-order valence-electron chi connectivity index (χ0n) is 8.71. The van der Waals surface area contributed by atoms with Crippen LogP contribution in [0, 0.1) is 5.92 Å². The lowest BCUT2D eigenvalue weighted by Gasteiger charge is -2.21. The van der Waals surface area contributed by atoms with Crippen molar-refractivity contribution in [3.8, 4) is 0 Å². The molecule has 1 aliphatic rings. The van der Waals surface area contributed by atoms with Crippen LogP contribution in [0.25, 0.3) is 0 Å². The topological polar surface area (TPSA) is 26.0 Å². The Morgan fingerprint density at radius 2 is 1.64 bits per heavy atom. The summed E-state index contributed by atoms with van der Waals surface area (Å²) >= 11 is 0. The molecule has 1 nitrogen and oxygen atoms in total. The lowest BCUT2D eigenvalue weighted by Crippen LogP contribution is -2.09. The second-order valence-electron chi connectivity index (χ2n) is 4.45. The van der Waals surface area contributed by atoms with Crippen LogP contribution >= 0.6 is 0 Å². The maximum atomic E-state index is 5.66. The smallest absolute Gasteiger partial charge is 0.0314 e. The number of nitrogens with two attached hydrogens (primary N) is 1. The molecule has 1 heteroatoms. The van der Waals surface area contributed by atoms with E-state index in [0.717, 1.165) is 11.6 Å². The number of anilines is 1. The molecule has 0 spiro atoms. The first-order valence-corrected chi connectivity index (χ1v) is 5.69. The Balaban J connectivity index is 1.92. The number of benzene rings is 1. The standard InChI is InChI=1S/C13H19N/c14-13-8-6-12(7-9-13)10-11-4-2-1-3-5-11/h6-9,11H,1-5,10,14H2. The van der Waals surface area contributed by atoms with E-state index < -0.39 is 0 Å². The Kier molecular flexibility index (Phi) is 3.07. The van der Waals surface area contributed by atoms with Gasteiger partial charge < -0.3 is 5.73 Å². The quantitative estimate of drug-likeness (QED) is 0.709. The molecule has 0 aromatic heterocycles. The molecule has 1 fully saturated rings. The van der Waals surface area contributed by atoms with Crippen LogP contribution in [0.2, 0.25) is 0 Å². The molecule has 0 radical (unpaired) electrons. The van der Waals surface area contributed by atoms with Crippen LogP contribution in [0.15, 0.2) is 24.3 Å². The Hall–Kier alpha value is -0.980. The molecule has 1 aliphatic carbocycles. The van der Waals surface area contributed by atoms with Crippen molar-refractivity contribution in [2.75, 3.05) is 5.73 Å². The van der Waals surface area contributed by atoms with Crippen LogP contribution in [0.5, 0.6) is 0 Å². The number of nitrogen functional groups attached to an aromatic ring is 1. The summed E-state index contributed by atoms with van der Waals surface area (Å²) in [5, 5.41) is 0. The molecule has 2 N–H and O–H groups in total. The molecule has 1 aromatic carbocycles. The van der Waals surface area contributed by atoms with Gasteiger partial charge in [0.2, 0.25) is 0 Å². The normalized spacial score (nSPS) is 18.3. The van der Waals surface area contributed by atoms with Crippen LogP contribution in [0.4, 0.5) is 5.69 Å². The van der Waals surface area contributed by atoms with Gasteiger partial charge in [-0.15, -0.1) is 0 Å². The van der Waals surface area contributed by atoms with E-state index in [1.807, 2.05) is 12.1 Å². The van der Waals surface area contributed by atoms with Crippen LogP contribution in [0.1, 0.15) is 37.7 Å². The molecule has 1 saturated carbocycles. The SMILES string of the molecule is Nc1ccc(CC2CCCCC2)cc1. The highest BCUT2D eigenvalue weighted by atomic mass is 14.5. The van der Waals surface area contributed by atoms with E-state index in [2.05, 4.69) is 12.1 Å². The predicted octanol–water partition coefficient (Wildman–Crippen LogP) is 3.39. The van der Waals surface area contributed by atoms with E-state index in [-0.39, 0.29) is 0 Å². The number of rotatable bonds is 2. The van der Waals surface area contributed by atoms with Gasteiger partial charge >= 0.3 is 0 Å². The average molecular weight is 189 g/mol. The van der Waals surface area contributed by atoms with Crippen molar-refractivity contribution in [3.05, 3.63) is 29.8 Å². The summed E-state index contributed by atoms with van der Waals surface area (Å²) < 4.78 is 0. The Labute approximate surface area is 86.3 Å². The van der Waals surface area contributed by atoms with Gasteiger partial charge in [-0.3, -0.25) is 0 Å². The van der Waals surface area contributed by atoms with Gasteiger partial charge in [0.25, 0.3) is 0 Å². The highest BCUT2D eigenvalue weighted by Crippen LogP contribution is 2.26. The maximum absolute atomic E-state index is 5.66. The summed E-state index contributed by atoms with van der Waals surface area (Å²) in [5.74, 6) is 0.923. The summed E-state index contributed by atoms with van der Waals surface area (Å²) in [6.45, 7) is 0. The minimum atomic E-state index is 0.873. The van der Waals surface area contributed by atoms with E-state index in [4.69, 9.17) is 5.73 Å². The third-order valence-corrected chi connectivity index (χ3v) is 3.23. The Morgan fingerprint density at radius 3 is 2.29 bits per heavy atom. The zero-order chi connectivity index (χ0) is 9.80. The van der Waals surface area contributed by atoms with Gasteiger partial charge in [0.15, 0.2) is 0 Å². The van der Waals surface area contributed by atoms with E-state index in [1.165, 1.54) is 44.1 Å². The van der Waals surface area contributed by atoms with Gasteiger partial charge in [-0.1, -0.05) is 44.2 Å². The third-order valence-electron chi connectivity index (χ3n) is 3.23. The van der Waals surface area contributed by atoms with E-state index in [9.17, 15) is 0 Å². The summed E-state index contributed by atoms with van der Waals surface area (Å²) in [7, 11) is 0. The molecule has 0 amide bonds. The lowest BCUT2D eigenvalue weighted by molar-refractivity contribution is 0.356. The number of hydrogen-bond acceptors (Lipinski definition) is 1. The third kappa shape index (κ3) is 2.50. The number of hydrogen-bond donors (Lipinski definition) is 1. The first-order chi connectivity index (χ1) is 6.84. The van der Waals surface area contributed by atoms with E-state index in [0.29, 0.717) is 0 Å². The van der Waals surface area contributed by atoms with Gasteiger partial charge in [-0.25, -0.2) is 0 Å². The molecule has 14 heavy (non-hydrogen) atoms. The fourth-order valence-corrected chi connectivity index (χ4v) is 2.38. The first-order valence-electron chi connectivity index (χ1n) is 5.69. The summed E-state index contributed by atoms with van der Waals surface area (Å²) in [6.07, 6.45) is 8.40. The highest BCUT2D eigenvalue weighted by molar-refractivity contribution is 5.39. The molecule has 0 unspecified atom stereocenters. The average Bonchev–Trinajstić information content (AvgIpc) is 2.23. The predicted molar refractivity (Wildman–Crippen MR) is 61.1 cm³/mol. The largest absolute Gasteiger partial charge is 0.399 e. The molecule has 0 atom stereocenters. The fourth-order valence-electron chi connectivity index (χ4n) is 2.38. The van der Waals surface area contributed by atoms with Gasteiger partial charge in [0.05, 0.1) is 0 Å². The monoisotopic (exact) mass is 189 g/mol. The Bertz CT molecular complexity index is 270. The van der Waals surface area contributed by atoms with Crippen molar-refractivity contribution >= 4 is 5.69 Å². The first kappa shape index (κ1) is 9.57. The molecule has 1 aromatic rings. The van der Waals surface area contributed by atoms with E-state index in [1.54, 1.807) is 0 Å². The van der Waals surface area contributed by atoms with Gasteiger partial charge in [0.1, 0.15) is 0 Å². The second-order valence-corrected chi connectivity index (χ2v) is 4.45. The molecular formula is C13H19N. The molecule has 76 valence electrons. The molecule has 0 bridgehead atoms. The van der Waals surface area contributed by atoms with Crippen LogP contribution in [-0.2, 0) is 6.42 Å². The molecule has 0 aliphatic heterocycles. The summed E-state index contributed by atoms with van der Waals surface area (Å²) in [5.41, 5.74) is 7.98. The minimum absolute atomic E-state index is 0.873. The summed E-state index contributed by atoms with van der Waals surface area (Å²) in [4.78, 5) is 0. The molecule has 2 rings (SSSR count). The van der Waals surface area contributed by atoms with Gasteiger partial charge in [-0.2, -0.15) is 0 Å². The maximum Gasteiger partial charge on any atom is 0.0314 e. The molecule has 0 saturated heterocycles. The van der Waals surface area contributed by atoms with Crippen LogP contribution in [0.3, 0.4) is 0 Å². The van der Waals surface area contributed by atoms with Crippen molar-refractivity contribution in [2.24, 2.45) is 5.92 Å². The van der Waals surface area contributed by atoms with E-state index >= 15 is 0 Å². The van der Waals surface area contributed by atoms with Crippen molar-refractivity contribution < 1.29 is 0 Å². The van der Waals surface area contributed by atoms with Crippen molar-refractivity contribution in [1.82, 2.24) is 0 Å². The highest BCUT2D eigenvalue weighted by Gasteiger charge is 2.13. The Morgan fingerprint density at radius 1 is 1.00 bits per heavy atom. The van der Waals surface area contributed by atoms with Gasteiger partial charge in [-0.05, 0) is 30.0 Å². The fraction of sp³-hybridized carbons (Fsp3) is 0.538. The van der Waals surface area contributed by atoms with Crippen LogP contribution < -0.4 is 5.73 Å². The van der Waals surface area contributed by atoms with Crippen LogP contribution in [-0.4, -0.2) is 0 Å². The second kappa shape index (κ2) is 4.50. The van der Waals surface area contributed by atoms with Crippen molar-refractivity contribution in [1.29, 1.82) is 0 Å². The van der Waals surface area contributed by atoms with Crippen molar-refractivity contribution in [2.45, 2.75) is 38.5 Å². The van der Waals surface area contributed by atoms with Gasteiger partial charge in [0, 0.05) is 5.69 Å². The summed E-state index contributed by atoms with van der Waals surface area (Å²) in [6, 6.07) is 8.37. The minimum Gasteiger partial charge on any atom is -0.399 e. The van der Waals surface area contributed by atoms with Crippen molar-refractivity contribution in [3.63, 3.8) is 0 Å². The zero-order valence-corrected chi connectivity index (χ0v) is 8.71. The molecular weight excluding hydrogens is 170 g/mol.